The van der Waals surface area contributed by atoms with Crippen LogP contribution in [-0.2, 0) is 0 Å². The summed E-state index contributed by atoms with van der Waals surface area (Å²) in [5.74, 6) is 0.880. The maximum atomic E-state index is 13.1. The van der Waals surface area contributed by atoms with Crippen LogP contribution in [0.25, 0.3) is 0 Å². The number of benzene rings is 3. The molecule has 0 saturated heterocycles. The first kappa shape index (κ1) is 17.8. The van der Waals surface area contributed by atoms with Crippen molar-refractivity contribution in [3.63, 3.8) is 0 Å². The van der Waals surface area contributed by atoms with Gasteiger partial charge in [-0.15, -0.1) is 0 Å². The minimum atomic E-state index is -0.496. The van der Waals surface area contributed by atoms with Crippen molar-refractivity contribution in [2.75, 3.05) is 12.4 Å². The average Bonchev–Trinajstić information content (AvgIpc) is 2.63. The van der Waals surface area contributed by atoms with Crippen molar-refractivity contribution in [3.05, 3.63) is 83.1 Å². The highest BCUT2D eigenvalue weighted by atomic mass is 35.5. The molecule has 6 heteroatoms. The second-order valence-corrected chi connectivity index (χ2v) is 5.76. The molecule has 0 radical (unpaired) electrons. The molecule has 1 amide bonds. The van der Waals surface area contributed by atoms with Gasteiger partial charge in [0.05, 0.1) is 17.7 Å². The molecule has 4 nitrogen and oxygen atoms in total. The van der Waals surface area contributed by atoms with Gasteiger partial charge in [0, 0.05) is 5.69 Å². The van der Waals surface area contributed by atoms with Crippen LogP contribution in [0.1, 0.15) is 10.4 Å². The van der Waals surface area contributed by atoms with E-state index in [4.69, 9.17) is 21.1 Å². The Morgan fingerprint density at radius 3 is 2.35 bits per heavy atom. The minimum Gasteiger partial charge on any atom is -0.493 e. The van der Waals surface area contributed by atoms with Gasteiger partial charge >= 0.3 is 0 Å². The summed E-state index contributed by atoms with van der Waals surface area (Å²) in [5, 5.41) is 2.76. The Bertz CT molecular complexity index is 929. The summed E-state index contributed by atoms with van der Waals surface area (Å²) in [6.45, 7) is 0. The molecule has 0 aliphatic rings. The number of amides is 1. The predicted molar refractivity (Wildman–Crippen MR) is 98.9 cm³/mol. The van der Waals surface area contributed by atoms with Gasteiger partial charge in [-0.1, -0.05) is 23.7 Å². The number of nitrogens with one attached hydrogen (secondary N) is 1. The zero-order valence-corrected chi connectivity index (χ0v) is 14.6. The fourth-order valence-corrected chi connectivity index (χ4v) is 2.56. The molecule has 3 rings (SSSR count). The molecule has 1 N–H and O–H groups in total. The number of rotatable bonds is 5. The summed E-state index contributed by atoms with van der Waals surface area (Å²) < 4.78 is 24.1. The Hall–Kier alpha value is -3.05. The van der Waals surface area contributed by atoms with Crippen LogP contribution >= 0.6 is 11.6 Å². The Balaban J connectivity index is 1.70. The third-order valence-electron chi connectivity index (χ3n) is 3.58. The van der Waals surface area contributed by atoms with Crippen molar-refractivity contribution in [2.24, 2.45) is 0 Å². The standard InChI is InChI=1S/C20H15ClFNO3/c1-25-18-4-2-3-5-19(18)26-15-9-7-14(8-10-15)23-20(24)16-11-6-13(22)12-17(16)21/h2-12H,1H3,(H,23,24). The second-order valence-electron chi connectivity index (χ2n) is 5.36. The summed E-state index contributed by atoms with van der Waals surface area (Å²) in [4.78, 5) is 12.2. The Morgan fingerprint density at radius 1 is 1.00 bits per heavy atom. The van der Waals surface area contributed by atoms with Crippen molar-refractivity contribution < 1.29 is 18.7 Å². The van der Waals surface area contributed by atoms with Crippen LogP contribution in [-0.4, -0.2) is 13.0 Å². The number of carbonyl (C=O) groups excluding carboxylic acids is 1. The number of anilines is 1. The summed E-state index contributed by atoms with van der Waals surface area (Å²) in [7, 11) is 1.57. The first-order chi connectivity index (χ1) is 12.6. The molecule has 0 heterocycles. The van der Waals surface area contributed by atoms with Crippen molar-refractivity contribution in [1.82, 2.24) is 0 Å². The van der Waals surface area contributed by atoms with Gasteiger partial charge in [0.15, 0.2) is 11.5 Å². The van der Waals surface area contributed by atoms with E-state index in [-0.39, 0.29) is 10.6 Å². The topological polar surface area (TPSA) is 47.6 Å². The lowest BCUT2D eigenvalue weighted by Crippen LogP contribution is -2.12. The molecule has 0 fully saturated rings. The van der Waals surface area contributed by atoms with Gasteiger partial charge in [0.25, 0.3) is 5.91 Å². The highest BCUT2D eigenvalue weighted by molar-refractivity contribution is 6.34. The molecule has 0 unspecified atom stereocenters. The summed E-state index contributed by atoms with van der Waals surface area (Å²) in [5.41, 5.74) is 0.755. The van der Waals surface area contributed by atoms with Crippen LogP contribution in [0.4, 0.5) is 10.1 Å². The zero-order valence-electron chi connectivity index (χ0n) is 13.8. The van der Waals surface area contributed by atoms with Crippen LogP contribution in [0.3, 0.4) is 0 Å². The molecule has 3 aromatic rings. The lowest BCUT2D eigenvalue weighted by molar-refractivity contribution is 0.102. The fourth-order valence-electron chi connectivity index (χ4n) is 2.31. The third kappa shape index (κ3) is 4.13. The first-order valence-corrected chi connectivity index (χ1v) is 8.12. The molecule has 0 aromatic heterocycles. The van der Waals surface area contributed by atoms with Gasteiger partial charge in [-0.05, 0) is 54.6 Å². The molecule has 0 saturated carbocycles. The van der Waals surface area contributed by atoms with Crippen LogP contribution in [0.5, 0.6) is 17.2 Å². The van der Waals surface area contributed by atoms with E-state index in [9.17, 15) is 9.18 Å². The van der Waals surface area contributed by atoms with Crippen LogP contribution in [0.15, 0.2) is 66.7 Å². The average molecular weight is 372 g/mol. The van der Waals surface area contributed by atoms with Gasteiger partial charge in [-0.2, -0.15) is 0 Å². The highest BCUT2D eigenvalue weighted by Crippen LogP contribution is 2.31. The number of ether oxygens (including phenoxy) is 2. The SMILES string of the molecule is COc1ccccc1Oc1ccc(NC(=O)c2ccc(F)cc2Cl)cc1. The number of carbonyl (C=O) groups is 1. The maximum Gasteiger partial charge on any atom is 0.257 e. The molecule has 0 bridgehead atoms. The fraction of sp³-hybridized carbons (Fsp3) is 0.0500. The van der Waals surface area contributed by atoms with Crippen molar-refractivity contribution in [1.29, 1.82) is 0 Å². The lowest BCUT2D eigenvalue weighted by Gasteiger charge is -2.11. The molecule has 0 aliphatic heterocycles. The maximum absolute atomic E-state index is 13.1. The van der Waals surface area contributed by atoms with E-state index >= 15 is 0 Å². The number of methoxy groups -OCH3 is 1. The Kier molecular flexibility index (Phi) is 5.39. The van der Waals surface area contributed by atoms with E-state index < -0.39 is 11.7 Å². The number of halogens is 2. The largest absolute Gasteiger partial charge is 0.493 e. The molecule has 26 heavy (non-hydrogen) atoms. The Labute approximate surface area is 155 Å². The Morgan fingerprint density at radius 2 is 1.69 bits per heavy atom. The number of para-hydroxylation sites is 2. The zero-order chi connectivity index (χ0) is 18.5. The summed E-state index contributed by atoms with van der Waals surface area (Å²) >= 11 is 5.90. The molecular formula is C20H15ClFNO3. The van der Waals surface area contributed by atoms with Crippen LogP contribution < -0.4 is 14.8 Å². The first-order valence-electron chi connectivity index (χ1n) is 7.74. The second kappa shape index (κ2) is 7.89. The van der Waals surface area contributed by atoms with Crippen LogP contribution in [0.2, 0.25) is 5.02 Å². The van der Waals surface area contributed by atoms with E-state index in [1.165, 1.54) is 12.1 Å². The molecule has 0 aliphatic carbocycles. The van der Waals surface area contributed by atoms with E-state index in [1.807, 2.05) is 12.1 Å². The molecule has 0 atom stereocenters. The molecule has 3 aromatic carbocycles. The summed E-state index contributed by atoms with van der Waals surface area (Å²) in [6, 6.07) is 17.7. The van der Waals surface area contributed by atoms with E-state index in [0.717, 1.165) is 6.07 Å². The van der Waals surface area contributed by atoms with Crippen LogP contribution in [0, 0.1) is 5.82 Å². The van der Waals surface area contributed by atoms with Crippen molar-refractivity contribution in [3.8, 4) is 17.2 Å². The van der Waals surface area contributed by atoms with Gasteiger partial charge in [0.1, 0.15) is 11.6 Å². The molecule has 0 spiro atoms. The highest BCUT2D eigenvalue weighted by Gasteiger charge is 2.11. The van der Waals surface area contributed by atoms with Gasteiger partial charge in [-0.3, -0.25) is 4.79 Å². The molecular weight excluding hydrogens is 357 g/mol. The third-order valence-corrected chi connectivity index (χ3v) is 3.90. The lowest BCUT2D eigenvalue weighted by atomic mass is 10.2. The predicted octanol–water partition coefficient (Wildman–Crippen LogP) is 5.53. The van der Waals surface area contributed by atoms with Crippen molar-refractivity contribution >= 4 is 23.2 Å². The van der Waals surface area contributed by atoms with Crippen molar-refractivity contribution in [2.45, 2.75) is 0 Å². The minimum absolute atomic E-state index is 0.0543. The monoisotopic (exact) mass is 371 g/mol. The number of hydrogen-bond acceptors (Lipinski definition) is 3. The normalized spacial score (nSPS) is 10.3. The smallest absolute Gasteiger partial charge is 0.257 e. The van der Waals surface area contributed by atoms with E-state index in [2.05, 4.69) is 5.32 Å². The van der Waals surface area contributed by atoms with Gasteiger partial charge < -0.3 is 14.8 Å². The summed E-state index contributed by atoms with van der Waals surface area (Å²) in [6.07, 6.45) is 0. The molecule has 132 valence electrons. The van der Waals surface area contributed by atoms with E-state index in [0.29, 0.717) is 22.9 Å². The van der Waals surface area contributed by atoms with E-state index in [1.54, 1.807) is 43.5 Å². The number of hydrogen-bond donors (Lipinski definition) is 1. The van der Waals surface area contributed by atoms with Gasteiger partial charge in [0.2, 0.25) is 0 Å². The van der Waals surface area contributed by atoms with Gasteiger partial charge in [-0.25, -0.2) is 4.39 Å². The quantitative estimate of drug-likeness (QED) is 0.641.